The van der Waals surface area contributed by atoms with E-state index < -0.39 is 0 Å². The Bertz CT molecular complexity index is 750. The fraction of sp³-hybridized carbons (Fsp3) is 0.263. The van der Waals surface area contributed by atoms with Crippen LogP contribution in [0, 0.1) is 6.92 Å². The molecule has 0 radical (unpaired) electrons. The van der Waals surface area contributed by atoms with E-state index in [-0.39, 0.29) is 18.4 Å². The first-order valence-electron chi connectivity index (χ1n) is 8.17. The second-order valence-electron chi connectivity index (χ2n) is 5.86. The first kappa shape index (κ1) is 19.9. The molecule has 0 heterocycles. The first-order chi connectivity index (χ1) is 12.5. The summed E-state index contributed by atoms with van der Waals surface area (Å²) in [6.07, 6.45) is 0. The molecule has 2 rings (SSSR count). The average Bonchev–Trinajstić information content (AvgIpc) is 2.62. The lowest BCUT2D eigenvalue weighted by Gasteiger charge is -2.17. The maximum Gasteiger partial charge on any atom is 0.269 e. The Balaban J connectivity index is 1.67. The minimum absolute atomic E-state index is 0.151. The van der Waals surface area contributed by atoms with Gasteiger partial charge in [-0.05, 0) is 49.9 Å². The number of hydrazine groups is 1. The van der Waals surface area contributed by atoms with E-state index in [4.69, 9.17) is 4.74 Å². The van der Waals surface area contributed by atoms with Crippen molar-refractivity contribution in [1.29, 1.82) is 0 Å². The van der Waals surface area contributed by atoms with Gasteiger partial charge in [0.15, 0.2) is 0 Å². The Morgan fingerprint density at radius 1 is 1.08 bits per heavy atom. The number of likely N-dealkylation sites (N-methyl/N-ethyl adjacent to an activating group) is 1. The van der Waals surface area contributed by atoms with Crippen LogP contribution in [0.5, 0.6) is 5.75 Å². The van der Waals surface area contributed by atoms with Crippen molar-refractivity contribution < 1.29 is 14.3 Å². The molecule has 6 nitrogen and oxygen atoms in total. The van der Waals surface area contributed by atoms with Crippen LogP contribution in [0.15, 0.2) is 53.0 Å². The van der Waals surface area contributed by atoms with Crippen molar-refractivity contribution in [3.63, 3.8) is 0 Å². The van der Waals surface area contributed by atoms with Gasteiger partial charge >= 0.3 is 0 Å². The maximum absolute atomic E-state index is 11.9. The monoisotopic (exact) mass is 419 g/mol. The Kier molecular flexibility index (Phi) is 7.62. The molecule has 0 atom stereocenters. The smallest absolute Gasteiger partial charge is 0.269 e. The SMILES string of the molecule is Cc1ccccc1OCCN(C)CC(=O)NNC(=O)c1ccc(Br)cc1. The summed E-state index contributed by atoms with van der Waals surface area (Å²) in [7, 11) is 1.82. The molecule has 0 fully saturated rings. The highest BCUT2D eigenvalue weighted by atomic mass is 79.9. The molecule has 7 heteroatoms. The van der Waals surface area contributed by atoms with Gasteiger partial charge in [-0.3, -0.25) is 25.3 Å². The van der Waals surface area contributed by atoms with Gasteiger partial charge in [-0.1, -0.05) is 34.1 Å². The normalized spacial score (nSPS) is 10.5. The third kappa shape index (κ3) is 6.50. The number of amides is 2. The predicted octanol–water partition coefficient (Wildman–Crippen LogP) is 2.53. The number of carbonyl (C=O) groups is 2. The van der Waals surface area contributed by atoms with Gasteiger partial charge in [0.2, 0.25) is 0 Å². The quantitative estimate of drug-likeness (QED) is 0.676. The van der Waals surface area contributed by atoms with Gasteiger partial charge in [0.1, 0.15) is 12.4 Å². The zero-order chi connectivity index (χ0) is 18.9. The van der Waals surface area contributed by atoms with E-state index in [1.165, 1.54) is 0 Å². The minimum atomic E-state index is -0.364. The van der Waals surface area contributed by atoms with E-state index in [2.05, 4.69) is 26.8 Å². The van der Waals surface area contributed by atoms with Crippen molar-refractivity contribution >= 4 is 27.7 Å². The second-order valence-corrected chi connectivity index (χ2v) is 6.78. The van der Waals surface area contributed by atoms with E-state index in [0.717, 1.165) is 15.8 Å². The van der Waals surface area contributed by atoms with E-state index in [9.17, 15) is 9.59 Å². The number of hydrogen-bond acceptors (Lipinski definition) is 4. The van der Waals surface area contributed by atoms with Crippen molar-refractivity contribution in [2.75, 3.05) is 26.7 Å². The fourth-order valence-electron chi connectivity index (χ4n) is 2.19. The van der Waals surface area contributed by atoms with Crippen molar-refractivity contribution in [3.05, 3.63) is 64.1 Å². The summed E-state index contributed by atoms with van der Waals surface area (Å²) in [4.78, 5) is 25.7. The summed E-state index contributed by atoms with van der Waals surface area (Å²) in [5.41, 5.74) is 6.35. The lowest BCUT2D eigenvalue weighted by molar-refractivity contribution is -0.122. The Morgan fingerprint density at radius 3 is 2.46 bits per heavy atom. The molecule has 2 aromatic carbocycles. The van der Waals surface area contributed by atoms with Crippen molar-refractivity contribution in [1.82, 2.24) is 15.8 Å². The number of para-hydroxylation sites is 1. The van der Waals surface area contributed by atoms with Crippen molar-refractivity contribution in [2.24, 2.45) is 0 Å². The van der Waals surface area contributed by atoms with Crippen LogP contribution in [-0.4, -0.2) is 43.5 Å². The molecule has 0 aliphatic rings. The molecule has 0 saturated heterocycles. The summed E-state index contributed by atoms with van der Waals surface area (Å²) < 4.78 is 6.59. The zero-order valence-corrected chi connectivity index (χ0v) is 16.4. The van der Waals surface area contributed by atoms with E-state index in [0.29, 0.717) is 18.7 Å². The number of ether oxygens (including phenoxy) is 1. The largest absolute Gasteiger partial charge is 0.492 e. The molecular formula is C19H22BrN3O3. The fourth-order valence-corrected chi connectivity index (χ4v) is 2.46. The third-order valence-electron chi connectivity index (χ3n) is 3.66. The number of halogens is 1. The predicted molar refractivity (Wildman–Crippen MR) is 104 cm³/mol. The summed E-state index contributed by atoms with van der Waals surface area (Å²) in [6, 6.07) is 14.6. The molecule has 2 amide bonds. The number of hydrogen-bond donors (Lipinski definition) is 2. The highest BCUT2D eigenvalue weighted by molar-refractivity contribution is 9.10. The van der Waals surface area contributed by atoms with Crippen LogP contribution < -0.4 is 15.6 Å². The lowest BCUT2D eigenvalue weighted by atomic mass is 10.2. The number of benzene rings is 2. The van der Waals surface area contributed by atoms with Crippen LogP contribution in [0.4, 0.5) is 0 Å². The molecule has 2 N–H and O–H groups in total. The number of nitrogens with one attached hydrogen (secondary N) is 2. The highest BCUT2D eigenvalue weighted by Crippen LogP contribution is 2.15. The molecule has 0 saturated carbocycles. The molecule has 0 spiro atoms. The molecule has 0 bridgehead atoms. The molecule has 138 valence electrons. The van der Waals surface area contributed by atoms with Crippen LogP contribution in [0.3, 0.4) is 0 Å². The molecular weight excluding hydrogens is 398 g/mol. The summed E-state index contributed by atoms with van der Waals surface area (Å²) in [6.45, 7) is 3.20. The van der Waals surface area contributed by atoms with Gasteiger partial charge < -0.3 is 4.74 Å². The van der Waals surface area contributed by atoms with Crippen molar-refractivity contribution in [3.8, 4) is 5.75 Å². The van der Waals surface area contributed by atoms with Gasteiger partial charge in [-0.25, -0.2) is 0 Å². The highest BCUT2D eigenvalue weighted by Gasteiger charge is 2.09. The van der Waals surface area contributed by atoms with Gasteiger partial charge in [-0.2, -0.15) is 0 Å². The topological polar surface area (TPSA) is 70.7 Å². The average molecular weight is 420 g/mol. The van der Waals surface area contributed by atoms with E-state index in [1.807, 2.05) is 43.1 Å². The van der Waals surface area contributed by atoms with Crippen molar-refractivity contribution in [2.45, 2.75) is 6.92 Å². The van der Waals surface area contributed by atoms with Crippen LogP contribution in [0.2, 0.25) is 0 Å². The maximum atomic E-state index is 11.9. The van der Waals surface area contributed by atoms with Crippen LogP contribution in [-0.2, 0) is 4.79 Å². The van der Waals surface area contributed by atoms with Gasteiger partial charge in [0.05, 0.1) is 6.54 Å². The second kappa shape index (κ2) is 9.94. The zero-order valence-electron chi connectivity index (χ0n) is 14.8. The number of carbonyl (C=O) groups excluding carboxylic acids is 2. The minimum Gasteiger partial charge on any atom is -0.492 e. The van der Waals surface area contributed by atoms with Gasteiger partial charge in [-0.15, -0.1) is 0 Å². The Labute approximate surface area is 161 Å². The molecule has 0 unspecified atom stereocenters. The standard InChI is InChI=1S/C19H22BrN3O3/c1-14-5-3-4-6-17(14)26-12-11-23(2)13-18(24)21-22-19(25)15-7-9-16(20)10-8-15/h3-10H,11-13H2,1-2H3,(H,21,24)(H,22,25). The van der Waals surface area contributed by atoms with Crippen LogP contribution >= 0.6 is 15.9 Å². The van der Waals surface area contributed by atoms with E-state index in [1.54, 1.807) is 24.3 Å². The molecule has 2 aromatic rings. The van der Waals surface area contributed by atoms with Gasteiger partial charge in [0.25, 0.3) is 11.8 Å². The summed E-state index contributed by atoms with van der Waals surface area (Å²) in [5.74, 6) is 0.178. The Morgan fingerprint density at radius 2 is 1.77 bits per heavy atom. The Hall–Kier alpha value is -2.38. The number of rotatable bonds is 7. The molecule has 0 aliphatic heterocycles. The molecule has 0 aliphatic carbocycles. The number of aryl methyl sites for hydroxylation is 1. The van der Waals surface area contributed by atoms with Crippen LogP contribution in [0.25, 0.3) is 0 Å². The van der Waals surface area contributed by atoms with E-state index >= 15 is 0 Å². The number of nitrogens with zero attached hydrogens (tertiary/aromatic N) is 1. The third-order valence-corrected chi connectivity index (χ3v) is 4.19. The molecule has 26 heavy (non-hydrogen) atoms. The van der Waals surface area contributed by atoms with Gasteiger partial charge in [0, 0.05) is 16.6 Å². The lowest BCUT2D eigenvalue weighted by Crippen LogP contribution is -2.46. The summed E-state index contributed by atoms with van der Waals surface area (Å²) >= 11 is 3.31. The van der Waals surface area contributed by atoms with Crippen LogP contribution in [0.1, 0.15) is 15.9 Å². The molecule has 0 aromatic heterocycles. The first-order valence-corrected chi connectivity index (χ1v) is 8.96. The summed E-state index contributed by atoms with van der Waals surface area (Å²) in [5, 5.41) is 0.